The molecule has 0 saturated carbocycles. The molecule has 234 valence electrons. The molecule has 0 aliphatic carbocycles. The van der Waals surface area contributed by atoms with E-state index in [0.717, 1.165) is 6.04 Å². The monoisotopic (exact) mass is 618 g/mol. The first kappa shape index (κ1) is 32.7. The lowest BCUT2D eigenvalue weighted by molar-refractivity contribution is 0.0526. The average molecular weight is 619 g/mol. The van der Waals surface area contributed by atoms with Crippen molar-refractivity contribution in [3.63, 3.8) is 0 Å². The number of aryl methyl sites for hydroxylation is 1. The normalized spacial score (nSPS) is 11.5. The van der Waals surface area contributed by atoms with E-state index in [9.17, 15) is 14.4 Å². The molecule has 4 aromatic rings. The maximum absolute atomic E-state index is 13.7. The number of ether oxygens (including phenoxy) is 2. The predicted octanol–water partition coefficient (Wildman–Crippen LogP) is 4.58. The number of esters is 1. The van der Waals surface area contributed by atoms with E-state index in [4.69, 9.17) is 14.5 Å². The minimum atomic E-state index is -1.33. The summed E-state index contributed by atoms with van der Waals surface area (Å²) in [6.07, 6.45) is 4.86. The maximum Gasteiger partial charge on any atom is 0.338 e. The van der Waals surface area contributed by atoms with Crippen LogP contribution in [0.3, 0.4) is 0 Å². The van der Waals surface area contributed by atoms with Gasteiger partial charge in [0.1, 0.15) is 19.1 Å². The van der Waals surface area contributed by atoms with Crippen LogP contribution in [0, 0.1) is 11.8 Å². The summed E-state index contributed by atoms with van der Waals surface area (Å²) in [5.41, 5.74) is 1.81. The molecule has 4 rings (SSSR count). The van der Waals surface area contributed by atoms with Crippen LogP contribution in [0.25, 0.3) is 22.6 Å². The minimum Gasteiger partial charge on any atom is -0.462 e. The van der Waals surface area contributed by atoms with Crippen LogP contribution in [0.5, 0.6) is 0 Å². The Morgan fingerprint density at radius 3 is 2.48 bits per heavy atom. The molecule has 0 spiro atoms. The maximum atomic E-state index is 13.7. The Bertz CT molecular complexity index is 1800. The van der Waals surface area contributed by atoms with E-state index in [1.165, 1.54) is 4.57 Å². The van der Waals surface area contributed by atoms with Gasteiger partial charge in [-0.2, -0.15) is 5.10 Å². The minimum absolute atomic E-state index is 0.129. The molecule has 0 bridgehead atoms. The molecular weight excluding hydrogens is 576 g/mol. The van der Waals surface area contributed by atoms with E-state index >= 15 is 0 Å². The van der Waals surface area contributed by atoms with Crippen LogP contribution in [-0.2, 0) is 35.8 Å². The van der Waals surface area contributed by atoms with E-state index in [-0.39, 0.29) is 23.9 Å². The number of fused-ring (bicyclic) bond motifs is 1. The molecule has 0 saturated heterocycles. The van der Waals surface area contributed by atoms with Crippen molar-refractivity contribution in [2.24, 2.45) is 0 Å². The lowest BCUT2D eigenvalue weighted by atomic mass is 10.1. The van der Waals surface area contributed by atoms with Crippen LogP contribution in [0.1, 0.15) is 49.5 Å². The summed E-state index contributed by atoms with van der Waals surface area (Å²) in [5, 5.41) is 4.48. The highest BCUT2D eigenvalue weighted by atomic mass is 28.3. The summed E-state index contributed by atoms with van der Waals surface area (Å²) in [6.45, 7) is 14.6. The van der Waals surface area contributed by atoms with E-state index < -0.39 is 8.07 Å². The van der Waals surface area contributed by atoms with Crippen LogP contribution in [0.4, 0.5) is 0 Å². The summed E-state index contributed by atoms with van der Waals surface area (Å²) in [5.74, 6) is 6.29. The third-order valence-electron chi connectivity index (χ3n) is 6.96. The molecule has 0 fully saturated rings. The van der Waals surface area contributed by atoms with Gasteiger partial charge in [0.05, 0.1) is 23.9 Å². The Labute approximate surface area is 258 Å². The van der Waals surface area contributed by atoms with Crippen LogP contribution < -0.4 is 11.2 Å². The SMILES string of the molecule is CCCn1c(=O)c2c(nc(-c3cnn(CC#Cc4cccc(C(=O)OCC)c4)c3)n2COCC[Si](C)(C)C)n(CCC)c1=O. The zero-order valence-electron chi connectivity index (χ0n) is 26.6. The topological polar surface area (TPSA) is 115 Å². The molecule has 12 heteroatoms. The van der Waals surface area contributed by atoms with Crippen molar-refractivity contribution in [1.82, 2.24) is 28.5 Å². The molecule has 1 aromatic carbocycles. The number of hydrogen-bond donors (Lipinski definition) is 0. The van der Waals surface area contributed by atoms with Gasteiger partial charge in [0.15, 0.2) is 11.2 Å². The number of nitrogens with zero attached hydrogens (tertiary/aromatic N) is 6. The number of carbonyl (C=O) groups is 1. The molecule has 0 aliphatic heterocycles. The summed E-state index contributed by atoms with van der Waals surface area (Å²) in [7, 11) is -1.33. The fourth-order valence-electron chi connectivity index (χ4n) is 4.74. The van der Waals surface area contributed by atoms with E-state index in [2.05, 4.69) is 36.6 Å². The second-order valence-electron chi connectivity index (χ2n) is 11.8. The second-order valence-corrected chi connectivity index (χ2v) is 17.4. The molecule has 0 unspecified atom stereocenters. The highest BCUT2D eigenvalue weighted by Gasteiger charge is 2.23. The lowest BCUT2D eigenvalue weighted by Crippen LogP contribution is -2.40. The molecule has 11 nitrogen and oxygen atoms in total. The van der Waals surface area contributed by atoms with Crippen molar-refractivity contribution in [3.05, 3.63) is 68.6 Å². The first-order chi connectivity index (χ1) is 21.1. The van der Waals surface area contributed by atoms with Crippen molar-refractivity contribution in [2.45, 2.75) is 85.7 Å². The van der Waals surface area contributed by atoms with Crippen LogP contribution in [-0.4, -0.2) is 55.7 Å². The molecular formula is C32H42N6O5Si. The van der Waals surface area contributed by atoms with Crippen molar-refractivity contribution >= 4 is 25.2 Å². The fourth-order valence-corrected chi connectivity index (χ4v) is 5.50. The Balaban J connectivity index is 1.71. The Morgan fingerprint density at radius 1 is 1.02 bits per heavy atom. The van der Waals surface area contributed by atoms with Gasteiger partial charge in [-0.15, -0.1) is 0 Å². The highest BCUT2D eigenvalue weighted by Crippen LogP contribution is 2.23. The fraction of sp³-hybridized carbons (Fsp3) is 0.469. The molecule has 0 N–H and O–H groups in total. The van der Waals surface area contributed by atoms with Gasteiger partial charge in [0.2, 0.25) is 0 Å². The summed E-state index contributed by atoms with van der Waals surface area (Å²) >= 11 is 0. The summed E-state index contributed by atoms with van der Waals surface area (Å²) < 4.78 is 17.5. The molecule has 0 aliphatic rings. The van der Waals surface area contributed by atoms with Crippen LogP contribution in [0.2, 0.25) is 25.7 Å². The van der Waals surface area contributed by atoms with Gasteiger partial charge in [0, 0.05) is 39.5 Å². The highest BCUT2D eigenvalue weighted by molar-refractivity contribution is 6.76. The molecule has 0 radical (unpaired) electrons. The van der Waals surface area contributed by atoms with Gasteiger partial charge in [-0.1, -0.05) is 51.4 Å². The molecule has 3 aromatic heterocycles. The molecule has 0 atom stereocenters. The van der Waals surface area contributed by atoms with Crippen LogP contribution >= 0.6 is 0 Å². The van der Waals surface area contributed by atoms with Gasteiger partial charge in [-0.25, -0.2) is 14.6 Å². The van der Waals surface area contributed by atoms with Crippen molar-refractivity contribution < 1.29 is 14.3 Å². The van der Waals surface area contributed by atoms with E-state index in [1.807, 2.05) is 26.1 Å². The largest absolute Gasteiger partial charge is 0.462 e. The van der Waals surface area contributed by atoms with Crippen molar-refractivity contribution in [3.8, 4) is 23.2 Å². The number of rotatable bonds is 13. The zero-order chi connectivity index (χ0) is 31.9. The molecule has 0 amide bonds. The van der Waals surface area contributed by atoms with Crippen molar-refractivity contribution in [2.75, 3.05) is 13.2 Å². The number of carbonyl (C=O) groups excluding carboxylic acids is 1. The first-order valence-corrected chi connectivity index (χ1v) is 18.9. The molecule has 44 heavy (non-hydrogen) atoms. The predicted molar refractivity (Wildman–Crippen MR) is 173 cm³/mol. The Kier molecular flexibility index (Phi) is 10.8. The third-order valence-corrected chi connectivity index (χ3v) is 8.67. The number of benzene rings is 1. The van der Waals surface area contributed by atoms with E-state index in [0.29, 0.717) is 79.4 Å². The Hall–Kier alpha value is -4.21. The second kappa shape index (κ2) is 14.5. The third kappa shape index (κ3) is 7.64. The van der Waals surface area contributed by atoms with Gasteiger partial charge >= 0.3 is 11.7 Å². The van der Waals surface area contributed by atoms with Gasteiger partial charge < -0.3 is 9.47 Å². The standard InChI is InChI=1S/C32H42N6O5Si/c1-7-15-36-29-27(30(39)37(16-8-2)32(36)41)38(23-42-18-19-44(4,5)6)28(34-29)26-21-33-35(22-26)17-11-13-24-12-10-14-25(20-24)31(40)43-9-3/h10,12,14,20-22H,7-9,15-19,23H2,1-6H3. The van der Waals surface area contributed by atoms with Gasteiger partial charge in [0.25, 0.3) is 5.56 Å². The quantitative estimate of drug-likeness (QED) is 0.0932. The number of aromatic nitrogens is 6. The van der Waals surface area contributed by atoms with Gasteiger partial charge in [-0.05, 0) is 44.0 Å². The average Bonchev–Trinajstić information content (AvgIpc) is 3.60. The Morgan fingerprint density at radius 2 is 1.77 bits per heavy atom. The summed E-state index contributed by atoms with van der Waals surface area (Å²) in [4.78, 5) is 43.9. The number of imidazole rings is 1. The summed E-state index contributed by atoms with van der Waals surface area (Å²) in [6, 6.07) is 7.97. The van der Waals surface area contributed by atoms with E-state index in [1.54, 1.807) is 45.1 Å². The lowest BCUT2D eigenvalue weighted by Gasteiger charge is -2.16. The number of hydrogen-bond acceptors (Lipinski definition) is 7. The zero-order valence-corrected chi connectivity index (χ0v) is 27.6. The van der Waals surface area contributed by atoms with Crippen LogP contribution in [0.15, 0.2) is 46.2 Å². The van der Waals surface area contributed by atoms with Gasteiger partial charge in [-0.3, -0.25) is 23.2 Å². The first-order valence-electron chi connectivity index (χ1n) is 15.2. The molecule has 3 heterocycles. The smallest absolute Gasteiger partial charge is 0.338 e. The van der Waals surface area contributed by atoms with Crippen molar-refractivity contribution in [1.29, 1.82) is 0 Å².